The summed E-state index contributed by atoms with van der Waals surface area (Å²) in [5.74, 6) is -0.809. The number of halogens is 1. The molecule has 0 N–H and O–H groups in total. The van der Waals surface area contributed by atoms with E-state index in [2.05, 4.69) is 5.10 Å². The van der Waals surface area contributed by atoms with Gasteiger partial charge in [-0.05, 0) is 13.0 Å². The molecular weight excluding hydrogens is 267 g/mol. The fraction of sp³-hybridized carbons (Fsp3) is 0.167. The van der Waals surface area contributed by atoms with Gasteiger partial charge in [-0.3, -0.25) is 10.1 Å². The van der Waals surface area contributed by atoms with Crippen LogP contribution >= 0.6 is 0 Å². The molecule has 0 fully saturated rings. The average molecular weight is 276 g/mol. The van der Waals surface area contributed by atoms with Crippen molar-refractivity contribution in [2.75, 3.05) is 0 Å². The van der Waals surface area contributed by atoms with Crippen molar-refractivity contribution in [1.29, 1.82) is 5.26 Å². The number of nitro benzene ring substituents is 1. The van der Waals surface area contributed by atoms with Crippen LogP contribution in [-0.2, 0) is 7.05 Å². The number of ether oxygens (including phenoxy) is 1. The van der Waals surface area contributed by atoms with Gasteiger partial charge >= 0.3 is 5.69 Å². The minimum Gasteiger partial charge on any atom is -0.438 e. The second-order valence-corrected chi connectivity index (χ2v) is 3.97. The van der Waals surface area contributed by atoms with Crippen LogP contribution in [0.2, 0.25) is 0 Å². The highest BCUT2D eigenvalue weighted by molar-refractivity contribution is 5.45. The van der Waals surface area contributed by atoms with E-state index in [1.54, 1.807) is 14.0 Å². The van der Waals surface area contributed by atoms with Crippen LogP contribution in [0.4, 0.5) is 10.1 Å². The third kappa shape index (κ3) is 2.29. The lowest BCUT2D eigenvalue weighted by Gasteiger charge is -2.06. The highest BCUT2D eigenvalue weighted by atomic mass is 19.1. The van der Waals surface area contributed by atoms with Crippen molar-refractivity contribution in [1.82, 2.24) is 9.78 Å². The zero-order chi connectivity index (χ0) is 14.9. The van der Waals surface area contributed by atoms with Gasteiger partial charge in [-0.15, -0.1) is 0 Å². The number of nitriles is 1. The van der Waals surface area contributed by atoms with E-state index in [0.29, 0.717) is 5.69 Å². The lowest BCUT2D eigenvalue weighted by Crippen LogP contribution is -1.97. The predicted molar refractivity (Wildman–Crippen MR) is 65.8 cm³/mol. The molecule has 1 heterocycles. The van der Waals surface area contributed by atoms with Gasteiger partial charge in [0.25, 0.3) is 0 Å². The molecule has 0 bridgehead atoms. The van der Waals surface area contributed by atoms with Crippen LogP contribution in [0.25, 0.3) is 0 Å². The Labute approximate surface area is 113 Å². The average Bonchev–Trinajstić information content (AvgIpc) is 2.63. The van der Waals surface area contributed by atoms with E-state index in [-0.39, 0.29) is 17.2 Å². The highest BCUT2D eigenvalue weighted by Crippen LogP contribution is 2.29. The number of rotatable bonds is 3. The molecule has 0 atom stereocenters. The van der Waals surface area contributed by atoms with E-state index in [4.69, 9.17) is 10.00 Å². The van der Waals surface area contributed by atoms with E-state index >= 15 is 0 Å². The molecule has 0 spiro atoms. The van der Waals surface area contributed by atoms with Gasteiger partial charge in [0.15, 0.2) is 0 Å². The van der Waals surface area contributed by atoms with Gasteiger partial charge in [0, 0.05) is 19.2 Å². The molecule has 2 aromatic rings. The number of nitro groups is 1. The summed E-state index contributed by atoms with van der Waals surface area (Å²) in [7, 11) is 1.57. The molecule has 0 radical (unpaired) electrons. The smallest absolute Gasteiger partial charge is 0.305 e. The number of hydrogen-bond donors (Lipinski definition) is 0. The first-order valence-corrected chi connectivity index (χ1v) is 5.49. The fourth-order valence-electron chi connectivity index (χ4n) is 1.69. The Kier molecular flexibility index (Phi) is 3.35. The quantitative estimate of drug-likeness (QED) is 0.633. The second kappa shape index (κ2) is 4.97. The zero-order valence-electron chi connectivity index (χ0n) is 10.6. The molecule has 20 heavy (non-hydrogen) atoms. The minimum absolute atomic E-state index is 0.0487. The maximum Gasteiger partial charge on any atom is 0.305 e. The summed E-state index contributed by atoms with van der Waals surface area (Å²) in [6, 6.07) is 5.08. The van der Waals surface area contributed by atoms with Crippen molar-refractivity contribution < 1.29 is 14.1 Å². The molecule has 0 unspecified atom stereocenters. The maximum absolute atomic E-state index is 13.5. The summed E-state index contributed by atoms with van der Waals surface area (Å²) in [6.07, 6.45) is 0. The summed E-state index contributed by atoms with van der Waals surface area (Å²) >= 11 is 0. The summed E-state index contributed by atoms with van der Waals surface area (Å²) in [5, 5.41) is 23.5. The highest BCUT2D eigenvalue weighted by Gasteiger charge is 2.18. The predicted octanol–water partition coefficient (Wildman–Crippen LogP) is 2.44. The van der Waals surface area contributed by atoms with E-state index in [9.17, 15) is 14.5 Å². The number of hydrogen-bond acceptors (Lipinski definition) is 5. The number of benzene rings is 1. The van der Waals surface area contributed by atoms with Crippen LogP contribution < -0.4 is 4.74 Å². The SMILES string of the molecule is Cc1nn(C)c(Oc2ccc([N+](=O)[O-])c(F)c2)c1C#N. The maximum atomic E-state index is 13.5. The largest absolute Gasteiger partial charge is 0.438 e. The summed E-state index contributed by atoms with van der Waals surface area (Å²) in [4.78, 5) is 9.69. The molecule has 7 nitrogen and oxygen atoms in total. The standard InChI is InChI=1S/C12H9FN4O3/c1-7-9(6-14)12(16(2)15-7)20-8-3-4-11(17(18)19)10(13)5-8/h3-5H,1-2H3. The normalized spacial score (nSPS) is 10.1. The molecule has 0 aliphatic heterocycles. The van der Waals surface area contributed by atoms with Gasteiger partial charge in [0.2, 0.25) is 11.7 Å². The summed E-state index contributed by atoms with van der Waals surface area (Å²) < 4.78 is 20.2. The van der Waals surface area contributed by atoms with Crippen molar-refractivity contribution in [2.45, 2.75) is 6.92 Å². The van der Waals surface area contributed by atoms with Crippen molar-refractivity contribution in [3.8, 4) is 17.7 Å². The van der Waals surface area contributed by atoms with Gasteiger partial charge in [-0.1, -0.05) is 0 Å². The lowest BCUT2D eigenvalue weighted by atomic mass is 10.2. The monoisotopic (exact) mass is 276 g/mol. The molecule has 0 amide bonds. The van der Waals surface area contributed by atoms with Gasteiger partial charge in [-0.2, -0.15) is 14.8 Å². The molecule has 8 heteroatoms. The van der Waals surface area contributed by atoms with Crippen LogP contribution in [-0.4, -0.2) is 14.7 Å². The molecule has 1 aromatic heterocycles. The van der Waals surface area contributed by atoms with Gasteiger partial charge in [-0.25, -0.2) is 4.68 Å². The Morgan fingerprint density at radius 2 is 2.25 bits per heavy atom. The van der Waals surface area contributed by atoms with Crippen LogP contribution in [0, 0.1) is 34.2 Å². The van der Waals surface area contributed by atoms with Crippen molar-refractivity contribution in [2.24, 2.45) is 7.05 Å². The second-order valence-electron chi connectivity index (χ2n) is 3.97. The van der Waals surface area contributed by atoms with E-state index in [1.165, 1.54) is 10.7 Å². The van der Waals surface area contributed by atoms with Crippen LogP contribution in [0.1, 0.15) is 11.3 Å². The molecule has 0 aliphatic carbocycles. The van der Waals surface area contributed by atoms with Gasteiger partial charge in [0.1, 0.15) is 17.4 Å². The third-order valence-electron chi connectivity index (χ3n) is 2.61. The molecule has 0 saturated heterocycles. The fourth-order valence-corrected chi connectivity index (χ4v) is 1.69. The number of aryl methyl sites for hydroxylation is 2. The lowest BCUT2D eigenvalue weighted by molar-refractivity contribution is -0.387. The Hall–Kier alpha value is -2.95. The topological polar surface area (TPSA) is 94.0 Å². The number of nitrogens with zero attached hydrogens (tertiary/aromatic N) is 4. The summed E-state index contributed by atoms with van der Waals surface area (Å²) in [6.45, 7) is 1.64. The minimum atomic E-state index is -1.01. The molecule has 102 valence electrons. The van der Waals surface area contributed by atoms with Gasteiger partial charge < -0.3 is 4.74 Å². The molecule has 2 rings (SSSR count). The van der Waals surface area contributed by atoms with Crippen LogP contribution in [0.5, 0.6) is 11.6 Å². The summed E-state index contributed by atoms with van der Waals surface area (Å²) in [5.41, 5.74) is 0.0673. The van der Waals surface area contributed by atoms with Crippen molar-refractivity contribution in [3.63, 3.8) is 0 Å². The molecular formula is C12H9FN4O3. The first-order chi connectivity index (χ1) is 9.43. The van der Waals surface area contributed by atoms with Crippen molar-refractivity contribution in [3.05, 3.63) is 45.4 Å². The van der Waals surface area contributed by atoms with Gasteiger partial charge in [0.05, 0.1) is 10.6 Å². The third-order valence-corrected chi connectivity index (χ3v) is 2.61. The zero-order valence-corrected chi connectivity index (χ0v) is 10.6. The van der Waals surface area contributed by atoms with Crippen molar-refractivity contribution >= 4 is 5.69 Å². The Morgan fingerprint density at radius 3 is 2.80 bits per heavy atom. The van der Waals surface area contributed by atoms with E-state index in [0.717, 1.165) is 12.1 Å². The van der Waals surface area contributed by atoms with Crippen LogP contribution in [0.3, 0.4) is 0 Å². The first kappa shape index (κ1) is 13.5. The Bertz CT molecular complexity index is 733. The van der Waals surface area contributed by atoms with E-state index < -0.39 is 16.4 Å². The molecule has 0 saturated carbocycles. The van der Waals surface area contributed by atoms with Crippen LogP contribution in [0.15, 0.2) is 18.2 Å². The van der Waals surface area contributed by atoms with E-state index in [1.807, 2.05) is 6.07 Å². The molecule has 0 aliphatic rings. The Morgan fingerprint density at radius 1 is 1.55 bits per heavy atom. The first-order valence-electron chi connectivity index (χ1n) is 5.49. The molecule has 1 aromatic carbocycles. The Balaban J connectivity index is 2.39. The number of aromatic nitrogens is 2.